The van der Waals surface area contributed by atoms with E-state index in [1.807, 2.05) is 30.3 Å². The lowest BCUT2D eigenvalue weighted by Gasteiger charge is -2.39. The zero-order valence-corrected chi connectivity index (χ0v) is 17.6. The molecule has 7 heteroatoms. The normalized spacial score (nSPS) is 23.6. The molecule has 0 aliphatic carbocycles. The predicted octanol–water partition coefficient (Wildman–Crippen LogP) is 3.66. The van der Waals surface area contributed by atoms with Crippen LogP contribution in [0.15, 0.2) is 48.5 Å². The minimum Gasteiger partial charge on any atom is -0.431 e. The summed E-state index contributed by atoms with van der Waals surface area (Å²) >= 11 is 1.56. The van der Waals surface area contributed by atoms with Gasteiger partial charge in [0.1, 0.15) is 5.75 Å². The molecule has 30 heavy (non-hydrogen) atoms. The third-order valence-electron chi connectivity index (χ3n) is 6.20. The molecule has 2 fully saturated rings. The van der Waals surface area contributed by atoms with E-state index in [4.69, 9.17) is 10.5 Å². The molecule has 3 N–H and O–H groups in total. The summed E-state index contributed by atoms with van der Waals surface area (Å²) in [6, 6.07) is 17.7. The highest BCUT2D eigenvalue weighted by atomic mass is 32.1. The maximum atomic E-state index is 11.6. The number of ether oxygens (including phenoxy) is 1. The summed E-state index contributed by atoms with van der Waals surface area (Å²) in [6.07, 6.45) is 4.44. The SMILES string of the molecule is NCC(=O)N[C@H]1C[C@H]2CC[C@@H](C1)N2Cc1ccc(Oc2nc3ccccc3s2)cc1. The number of para-hydroxylation sites is 1. The zero-order chi connectivity index (χ0) is 20.5. The fourth-order valence-corrected chi connectivity index (χ4v) is 5.64. The molecule has 3 atom stereocenters. The first kappa shape index (κ1) is 19.5. The molecule has 0 unspecified atom stereocenters. The van der Waals surface area contributed by atoms with Gasteiger partial charge in [0, 0.05) is 24.7 Å². The Morgan fingerprint density at radius 1 is 1.13 bits per heavy atom. The van der Waals surface area contributed by atoms with Crippen LogP contribution in [0.25, 0.3) is 10.2 Å². The maximum Gasteiger partial charge on any atom is 0.279 e. The number of benzene rings is 2. The Bertz CT molecular complexity index is 988. The lowest BCUT2D eigenvalue weighted by molar-refractivity contribution is -0.120. The second-order valence-corrected chi connectivity index (χ2v) is 9.18. The third-order valence-corrected chi connectivity index (χ3v) is 7.12. The first-order chi connectivity index (χ1) is 14.7. The molecule has 2 aliphatic rings. The molecule has 5 rings (SSSR count). The molecule has 2 saturated heterocycles. The van der Waals surface area contributed by atoms with Crippen molar-refractivity contribution in [2.45, 2.75) is 50.4 Å². The lowest BCUT2D eigenvalue weighted by atomic mass is 9.96. The van der Waals surface area contributed by atoms with Crippen LogP contribution in [0.2, 0.25) is 0 Å². The van der Waals surface area contributed by atoms with E-state index in [2.05, 4.69) is 33.4 Å². The van der Waals surface area contributed by atoms with Crippen molar-refractivity contribution >= 4 is 27.5 Å². The van der Waals surface area contributed by atoms with Gasteiger partial charge in [-0.1, -0.05) is 35.6 Å². The van der Waals surface area contributed by atoms with Gasteiger partial charge in [0.05, 0.1) is 16.8 Å². The van der Waals surface area contributed by atoms with Gasteiger partial charge in [-0.3, -0.25) is 9.69 Å². The van der Waals surface area contributed by atoms with Crippen molar-refractivity contribution in [2.75, 3.05) is 6.54 Å². The topological polar surface area (TPSA) is 80.5 Å². The monoisotopic (exact) mass is 422 g/mol. The van der Waals surface area contributed by atoms with E-state index in [9.17, 15) is 4.79 Å². The van der Waals surface area contributed by atoms with Gasteiger partial charge in [-0.2, -0.15) is 0 Å². The minimum atomic E-state index is -0.0448. The van der Waals surface area contributed by atoms with E-state index in [1.54, 1.807) is 11.3 Å². The van der Waals surface area contributed by atoms with E-state index in [1.165, 1.54) is 18.4 Å². The van der Waals surface area contributed by atoms with Crippen molar-refractivity contribution in [3.05, 3.63) is 54.1 Å². The van der Waals surface area contributed by atoms with Crippen LogP contribution in [0.1, 0.15) is 31.2 Å². The minimum absolute atomic E-state index is 0.0448. The summed E-state index contributed by atoms with van der Waals surface area (Å²) < 4.78 is 7.10. The van der Waals surface area contributed by atoms with Crippen LogP contribution in [-0.2, 0) is 11.3 Å². The molecule has 0 spiro atoms. The number of nitrogens with one attached hydrogen (secondary N) is 1. The van der Waals surface area contributed by atoms with Crippen molar-refractivity contribution in [3.63, 3.8) is 0 Å². The van der Waals surface area contributed by atoms with E-state index >= 15 is 0 Å². The van der Waals surface area contributed by atoms with Crippen LogP contribution in [0.4, 0.5) is 0 Å². The highest BCUT2D eigenvalue weighted by molar-refractivity contribution is 7.20. The number of amides is 1. The molecule has 156 valence electrons. The molecule has 2 aliphatic heterocycles. The fraction of sp³-hybridized carbons (Fsp3) is 0.391. The Morgan fingerprint density at radius 2 is 1.87 bits per heavy atom. The van der Waals surface area contributed by atoms with Crippen LogP contribution in [0, 0.1) is 0 Å². The molecular weight excluding hydrogens is 396 g/mol. The van der Waals surface area contributed by atoms with Crippen molar-refractivity contribution in [1.82, 2.24) is 15.2 Å². The molecule has 0 radical (unpaired) electrons. The summed E-state index contributed by atoms with van der Waals surface area (Å²) in [6.45, 7) is 1.01. The number of carbonyl (C=O) groups is 1. The van der Waals surface area contributed by atoms with Gasteiger partial charge in [0.2, 0.25) is 5.91 Å². The van der Waals surface area contributed by atoms with E-state index in [-0.39, 0.29) is 18.5 Å². The number of nitrogens with zero attached hydrogens (tertiary/aromatic N) is 2. The van der Waals surface area contributed by atoms with Gasteiger partial charge < -0.3 is 15.8 Å². The lowest BCUT2D eigenvalue weighted by Crippen LogP contribution is -2.50. The molecule has 0 saturated carbocycles. The van der Waals surface area contributed by atoms with Gasteiger partial charge in [-0.25, -0.2) is 4.98 Å². The Hall–Kier alpha value is -2.48. The molecule has 3 heterocycles. The van der Waals surface area contributed by atoms with Crippen molar-refractivity contribution in [1.29, 1.82) is 0 Å². The molecule has 2 bridgehead atoms. The van der Waals surface area contributed by atoms with Crippen molar-refractivity contribution < 1.29 is 9.53 Å². The maximum absolute atomic E-state index is 11.6. The van der Waals surface area contributed by atoms with E-state index in [0.29, 0.717) is 17.3 Å². The summed E-state index contributed by atoms with van der Waals surface area (Å²) in [5.74, 6) is 0.764. The number of nitrogens with two attached hydrogens (primary N) is 1. The standard InChI is InChI=1S/C23H26N4O2S/c24-13-22(28)25-16-11-17-7-8-18(12-16)27(17)14-15-5-9-19(10-6-15)29-23-26-20-3-1-2-4-21(20)30-23/h1-6,9-10,16-18H,7-8,11-14,24H2,(H,25,28)/t16-,17+,18-. The third kappa shape index (κ3) is 4.05. The molecule has 6 nitrogen and oxygen atoms in total. The second kappa shape index (κ2) is 8.34. The first-order valence-corrected chi connectivity index (χ1v) is 11.4. The van der Waals surface area contributed by atoms with E-state index in [0.717, 1.165) is 35.4 Å². The van der Waals surface area contributed by atoms with Crippen molar-refractivity contribution in [3.8, 4) is 10.9 Å². The number of aromatic nitrogens is 1. The van der Waals surface area contributed by atoms with Gasteiger partial charge in [0.15, 0.2) is 0 Å². The summed E-state index contributed by atoms with van der Waals surface area (Å²) in [5, 5.41) is 3.75. The highest BCUT2D eigenvalue weighted by Crippen LogP contribution is 2.37. The predicted molar refractivity (Wildman–Crippen MR) is 119 cm³/mol. The van der Waals surface area contributed by atoms with Gasteiger partial charge in [-0.05, 0) is 55.5 Å². The Balaban J connectivity index is 1.21. The Labute approximate surface area is 180 Å². The number of fused-ring (bicyclic) bond motifs is 3. The first-order valence-electron chi connectivity index (χ1n) is 10.6. The van der Waals surface area contributed by atoms with Crippen LogP contribution < -0.4 is 15.8 Å². The number of rotatable bonds is 6. The van der Waals surface area contributed by atoms with Crippen LogP contribution in [0.3, 0.4) is 0 Å². The molecular formula is C23H26N4O2S. The fourth-order valence-electron chi connectivity index (χ4n) is 4.81. The number of hydrogen-bond donors (Lipinski definition) is 2. The van der Waals surface area contributed by atoms with Crippen LogP contribution in [0.5, 0.6) is 10.9 Å². The molecule has 3 aromatic rings. The molecule has 1 aromatic heterocycles. The number of thiazole rings is 1. The smallest absolute Gasteiger partial charge is 0.279 e. The largest absolute Gasteiger partial charge is 0.431 e. The van der Waals surface area contributed by atoms with Gasteiger partial charge in [-0.15, -0.1) is 0 Å². The zero-order valence-electron chi connectivity index (χ0n) is 16.8. The number of piperidine rings is 1. The number of carbonyl (C=O) groups excluding carboxylic acids is 1. The molecule has 1 amide bonds. The number of hydrogen-bond acceptors (Lipinski definition) is 6. The van der Waals surface area contributed by atoms with Gasteiger partial charge in [0.25, 0.3) is 5.19 Å². The van der Waals surface area contributed by atoms with Crippen LogP contribution in [-0.4, -0.2) is 40.5 Å². The van der Waals surface area contributed by atoms with Crippen LogP contribution >= 0.6 is 11.3 Å². The van der Waals surface area contributed by atoms with E-state index < -0.39 is 0 Å². The summed E-state index contributed by atoms with van der Waals surface area (Å²) in [7, 11) is 0. The average molecular weight is 423 g/mol. The highest BCUT2D eigenvalue weighted by Gasteiger charge is 2.40. The quantitative estimate of drug-likeness (QED) is 0.634. The van der Waals surface area contributed by atoms with Crippen molar-refractivity contribution in [2.24, 2.45) is 5.73 Å². The summed E-state index contributed by atoms with van der Waals surface area (Å²) in [4.78, 5) is 18.8. The Morgan fingerprint density at radius 3 is 2.57 bits per heavy atom. The second-order valence-electron chi connectivity index (χ2n) is 8.19. The average Bonchev–Trinajstić information content (AvgIpc) is 3.26. The molecule has 2 aromatic carbocycles. The Kier molecular flexibility index (Phi) is 5.41. The summed E-state index contributed by atoms with van der Waals surface area (Å²) in [5.41, 5.74) is 7.70. The van der Waals surface area contributed by atoms with Gasteiger partial charge >= 0.3 is 0 Å².